The Morgan fingerprint density at radius 2 is 1.67 bits per heavy atom. The van der Waals surface area contributed by atoms with Crippen LogP contribution in [0.4, 0.5) is 0 Å². The Labute approximate surface area is 132 Å². The van der Waals surface area contributed by atoms with Crippen LogP contribution in [-0.4, -0.2) is 6.04 Å². The van der Waals surface area contributed by atoms with E-state index in [-0.39, 0.29) is 0 Å². The highest BCUT2D eigenvalue weighted by Crippen LogP contribution is 2.54. The largest absolute Gasteiger partial charge is 0.307 e. The molecule has 0 amide bonds. The molecule has 4 saturated carbocycles. The summed E-state index contributed by atoms with van der Waals surface area (Å²) in [5.41, 5.74) is 3.00. The molecule has 112 valence electrons. The molecule has 4 fully saturated rings. The molecule has 1 aromatic rings. The first-order valence-electron chi connectivity index (χ1n) is 8.80. The zero-order valence-corrected chi connectivity index (χ0v) is 13.3. The maximum absolute atomic E-state index is 6.14. The monoisotopic (exact) mass is 301 g/mol. The molecule has 5 aliphatic carbocycles. The lowest BCUT2D eigenvalue weighted by Crippen LogP contribution is -2.55. The van der Waals surface area contributed by atoms with E-state index >= 15 is 0 Å². The fraction of sp³-hybridized carbons (Fsp3) is 0.684. The molecule has 0 aliphatic heterocycles. The van der Waals surface area contributed by atoms with Crippen LogP contribution in [0.5, 0.6) is 0 Å². The van der Waals surface area contributed by atoms with Crippen molar-refractivity contribution >= 4 is 11.6 Å². The molecule has 5 aliphatic rings. The van der Waals surface area contributed by atoms with Gasteiger partial charge in [-0.05, 0) is 91.9 Å². The SMILES string of the molecule is Clc1ccc2c(c1)CCC2NC1C2CC3CC(C2)CC1C3. The summed E-state index contributed by atoms with van der Waals surface area (Å²) in [6.45, 7) is 0. The lowest BCUT2D eigenvalue weighted by Gasteiger charge is -2.55. The van der Waals surface area contributed by atoms with Crippen LogP contribution in [0.3, 0.4) is 0 Å². The Bertz CT molecular complexity index is 539. The molecule has 1 N–H and O–H groups in total. The van der Waals surface area contributed by atoms with Crippen LogP contribution < -0.4 is 5.32 Å². The molecule has 0 radical (unpaired) electrons. The summed E-state index contributed by atoms with van der Waals surface area (Å²) in [5, 5.41) is 4.99. The second kappa shape index (κ2) is 4.73. The third kappa shape index (κ3) is 2.08. The van der Waals surface area contributed by atoms with Crippen molar-refractivity contribution in [2.24, 2.45) is 23.7 Å². The fourth-order valence-electron chi connectivity index (χ4n) is 6.19. The molecule has 0 saturated heterocycles. The summed E-state index contributed by atoms with van der Waals surface area (Å²) in [6, 6.07) is 7.88. The van der Waals surface area contributed by atoms with Crippen molar-refractivity contribution in [1.82, 2.24) is 5.32 Å². The van der Waals surface area contributed by atoms with E-state index in [9.17, 15) is 0 Å². The molecular weight excluding hydrogens is 278 g/mol. The number of hydrogen-bond acceptors (Lipinski definition) is 1. The molecule has 21 heavy (non-hydrogen) atoms. The number of fused-ring (bicyclic) bond motifs is 1. The van der Waals surface area contributed by atoms with E-state index in [4.69, 9.17) is 11.6 Å². The summed E-state index contributed by atoms with van der Waals surface area (Å²) >= 11 is 6.14. The minimum Gasteiger partial charge on any atom is -0.307 e. The highest BCUT2D eigenvalue weighted by atomic mass is 35.5. The highest BCUT2D eigenvalue weighted by Gasteiger charge is 2.48. The Morgan fingerprint density at radius 3 is 2.38 bits per heavy atom. The van der Waals surface area contributed by atoms with E-state index in [1.165, 1.54) is 49.7 Å². The van der Waals surface area contributed by atoms with Gasteiger partial charge in [-0.15, -0.1) is 0 Å². The van der Waals surface area contributed by atoms with Crippen LogP contribution >= 0.6 is 11.6 Å². The van der Waals surface area contributed by atoms with Crippen LogP contribution in [0.1, 0.15) is 55.7 Å². The van der Waals surface area contributed by atoms with Gasteiger partial charge in [0.2, 0.25) is 0 Å². The molecule has 0 heterocycles. The van der Waals surface area contributed by atoms with Crippen LogP contribution in [0, 0.1) is 23.7 Å². The Balaban J connectivity index is 1.37. The van der Waals surface area contributed by atoms with Gasteiger partial charge in [0.05, 0.1) is 0 Å². The van der Waals surface area contributed by atoms with Gasteiger partial charge in [-0.3, -0.25) is 0 Å². The predicted molar refractivity (Wildman–Crippen MR) is 86.5 cm³/mol. The molecule has 1 nitrogen and oxygen atoms in total. The average Bonchev–Trinajstić information content (AvgIpc) is 2.84. The van der Waals surface area contributed by atoms with Crippen LogP contribution in [-0.2, 0) is 6.42 Å². The topological polar surface area (TPSA) is 12.0 Å². The van der Waals surface area contributed by atoms with Gasteiger partial charge in [0.1, 0.15) is 0 Å². The number of hydrogen-bond donors (Lipinski definition) is 1. The third-order valence-electron chi connectivity index (χ3n) is 6.80. The number of benzene rings is 1. The molecule has 0 spiro atoms. The quantitative estimate of drug-likeness (QED) is 0.832. The molecular formula is C19H24ClN. The van der Waals surface area contributed by atoms with E-state index < -0.39 is 0 Å². The molecule has 2 heteroatoms. The van der Waals surface area contributed by atoms with Gasteiger partial charge < -0.3 is 5.32 Å². The summed E-state index contributed by atoms with van der Waals surface area (Å²) in [7, 11) is 0. The molecule has 6 rings (SSSR count). The highest BCUT2D eigenvalue weighted by molar-refractivity contribution is 6.30. The van der Waals surface area contributed by atoms with Gasteiger partial charge >= 0.3 is 0 Å². The van der Waals surface area contributed by atoms with E-state index in [2.05, 4.69) is 23.5 Å². The third-order valence-corrected chi connectivity index (χ3v) is 7.04. The summed E-state index contributed by atoms with van der Waals surface area (Å²) < 4.78 is 0. The number of aryl methyl sites for hydroxylation is 1. The maximum atomic E-state index is 6.14. The van der Waals surface area contributed by atoms with E-state index in [0.717, 1.165) is 34.7 Å². The maximum Gasteiger partial charge on any atom is 0.0408 e. The average molecular weight is 302 g/mol. The summed E-state index contributed by atoms with van der Waals surface area (Å²) in [6.07, 6.45) is 10.0. The molecule has 0 aromatic heterocycles. The van der Waals surface area contributed by atoms with Gasteiger partial charge in [-0.2, -0.15) is 0 Å². The zero-order valence-electron chi connectivity index (χ0n) is 12.5. The van der Waals surface area contributed by atoms with Crippen molar-refractivity contribution in [2.45, 2.75) is 57.0 Å². The van der Waals surface area contributed by atoms with Crippen LogP contribution in [0.2, 0.25) is 5.02 Å². The minimum atomic E-state index is 0.583. The van der Waals surface area contributed by atoms with Crippen molar-refractivity contribution in [2.75, 3.05) is 0 Å². The van der Waals surface area contributed by atoms with Crippen molar-refractivity contribution in [3.8, 4) is 0 Å². The van der Waals surface area contributed by atoms with E-state index in [1.54, 1.807) is 6.42 Å². The second-order valence-corrected chi connectivity index (χ2v) is 8.49. The van der Waals surface area contributed by atoms with Gasteiger partial charge in [-0.1, -0.05) is 17.7 Å². The van der Waals surface area contributed by atoms with E-state index in [0.29, 0.717) is 6.04 Å². The lowest BCUT2D eigenvalue weighted by atomic mass is 9.54. The lowest BCUT2D eigenvalue weighted by molar-refractivity contribution is -0.0177. The number of halogens is 1. The Morgan fingerprint density at radius 1 is 0.952 bits per heavy atom. The van der Waals surface area contributed by atoms with Gasteiger partial charge in [-0.25, -0.2) is 0 Å². The standard InChI is InChI=1S/C19H24ClN/c20-16-2-3-17-13(10-16)1-4-18(17)21-19-14-6-11-5-12(8-14)9-15(19)7-11/h2-3,10-12,14-15,18-19,21H,1,4-9H2. The van der Waals surface area contributed by atoms with Gasteiger partial charge in [0.25, 0.3) is 0 Å². The van der Waals surface area contributed by atoms with Crippen molar-refractivity contribution in [3.63, 3.8) is 0 Å². The molecule has 1 atom stereocenters. The Hall–Kier alpha value is -0.530. The first-order valence-corrected chi connectivity index (χ1v) is 9.18. The predicted octanol–water partition coefficient (Wildman–Crippen LogP) is 4.74. The Kier molecular flexibility index (Phi) is 2.92. The van der Waals surface area contributed by atoms with Gasteiger partial charge in [0, 0.05) is 17.1 Å². The normalized spacial score (nSPS) is 43.3. The molecule has 1 unspecified atom stereocenters. The zero-order chi connectivity index (χ0) is 14.0. The molecule has 1 aromatic carbocycles. The van der Waals surface area contributed by atoms with E-state index in [1.807, 2.05) is 0 Å². The smallest absolute Gasteiger partial charge is 0.0408 e. The van der Waals surface area contributed by atoms with Crippen molar-refractivity contribution in [1.29, 1.82) is 0 Å². The van der Waals surface area contributed by atoms with Gasteiger partial charge in [0.15, 0.2) is 0 Å². The first kappa shape index (κ1) is 13.0. The van der Waals surface area contributed by atoms with Crippen molar-refractivity contribution < 1.29 is 0 Å². The number of nitrogens with one attached hydrogen (secondary N) is 1. The van der Waals surface area contributed by atoms with Crippen LogP contribution in [0.25, 0.3) is 0 Å². The summed E-state index contributed by atoms with van der Waals surface area (Å²) in [4.78, 5) is 0. The minimum absolute atomic E-state index is 0.583. The van der Waals surface area contributed by atoms with Crippen LogP contribution in [0.15, 0.2) is 18.2 Å². The molecule has 4 bridgehead atoms. The second-order valence-electron chi connectivity index (χ2n) is 8.06. The van der Waals surface area contributed by atoms with Crippen molar-refractivity contribution in [3.05, 3.63) is 34.3 Å². The summed E-state index contributed by atoms with van der Waals surface area (Å²) in [5.74, 6) is 4.08. The first-order chi connectivity index (χ1) is 10.3. The number of rotatable bonds is 2. The fourth-order valence-corrected chi connectivity index (χ4v) is 6.38.